The van der Waals surface area contributed by atoms with Crippen LogP contribution >= 0.6 is 11.5 Å². The highest BCUT2D eigenvalue weighted by Crippen LogP contribution is 2.28. The molecule has 0 fully saturated rings. The Bertz CT molecular complexity index is 522. The van der Waals surface area contributed by atoms with Crippen molar-refractivity contribution in [2.75, 3.05) is 12.4 Å². The second kappa shape index (κ2) is 6.02. The van der Waals surface area contributed by atoms with E-state index in [0.29, 0.717) is 5.92 Å². The zero-order valence-electron chi connectivity index (χ0n) is 11.7. The third-order valence-corrected chi connectivity index (χ3v) is 3.69. The van der Waals surface area contributed by atoms with E-state index in [1.54, 1.807) is 7.11 Å². The van der Waals surface area contributed by atoms with Crippen molar-refractivity contribution in [1.82, 2.24) is 9.36 Å². The lowest BCUT2D eigenvalue weighted by Gasteiger charge is -2.22. The Morgan fingerprint density at radius 2 is 1.89 bits per heavy atom. The number of ether oxygens (including phenoxy) is 1. The van der Waals surface area contributed by atoms with Gasteiger partial charge in [-0.05, 0) is 30.5 Å². The molecule has 1 heterocycles. The third-order valence-electron chi connectivity index (χ3n) is 2.95. The molecule has 2 rings (SSSR count). The Morgan fingerprint density at radius 3 is 2.37 bits per heavy atom. The average molecular weight is 277 g/mol. The first-order valence-electron chi connectivity index (χ1n) is 6.31. The van der Waals surface area contributed by atoms with Gasteiger partial charge in [-0.1, -0.05) is 26.0 Å². The van der Waals surface area contributed by atoms with Crippen LogP contribution in [0.4, 0.5) is 5.13 Å². The van der Waals surface area contributed by atoms with E-state index in [1.807, 2.05) is 19.1 Å². The summed E-state index contributed by atoms with van der Waals surface area (Å²) in [6.07, 6.45) is 0. The number of hydrogen-bond acceptors (Lipinski definition) is 5. The lowest BCUT2D eigenvalue weighted by Crippen LogP contribution is -2.16. The second-order valence-electron chi connectivity index (χ2n) is 4.79. The minimum atomic E-state index is 0.221. The summed E-state index contributed by atoms with van der Waals surface area (Å²) >= 11 is 1.40. The molecule has 19 heavy (non-hydrogen) atoms. The van der Waals surface area contributed by atoms with Crippen LogP contribution in [0, 0.1) is 12.8 Å². The van der Waals surface area contributed by atoms with Crippen molar-refractivity contribution >= 4 is 16.7 Å². The molecule has 4 nitrogen and oxygen atoms in total. The van der Waals surface area contributed by atoms with E-state index in [4.69, 9.17) is 4.74 Å². The average Bonchev–Trinajstić information content (AvgIpc) is 2.81. The monoisotopic (exact) mass is 277 g/mol. The lowest BCUT2D eigenvalue weighted by molar-refractivity contribution is 0.414. The molecule has 1 aromatic heterocycles. The molecule has 102 valence electrons. The zero-order valence-corrected chi connectivity index (χ0v) is 12.5. The van der Waals surface area contributed by atoms with Gasteiger partial charge in [0.2, 0.25) is 5.13 Å². The maximum Gasteiger partial charge on any atom is 0.203 e. The Kier molecular flexibility index (Phi) is 4.37. The molecule has 1 atom stereocenters. The summed E-state index contributed by atoms with van der Waals surface area (Å²) in [7, 11) is 1.68. The highest BCUT2D eigenvalue weighted by molar-refractivity contribution is 7.09. The molecule has 0 radical (unpaired) electrons. The first kappa shape index (κ1) is 13.8. The van der Waals surface area contributed by atoms with Crippen LogP contribution in [0.25, 0.3) is 0 Å². The smallest absolute Gasteiger partial charge is 0.203 e. The minimum Gasteiger partial charge on any atom is -0.497 e. The number of aryl methyl sites for hydroxylation is 1. The number of hydrogen-bond donors (Lipinski definition) is 1. The van der Waals surface area contributed by atoms with Crippen molar-refractivity contribution in [1.29, 1.82) is 0 Å². The minimum absolute atomic E-state index is 0.221. The van der Waals surface area contributed by atoms with Gasteiger partial charge in [0.25, 0.3) is 0 Å². The van der Waals surface area contributed by atoms with E-state index >= 15 is 0 Å². The van der Waals surface area contributed by atoms with E-state index in [1.165, 1.54) is 17.1 Å². The third kappa shape index (κ3) is 3.44. The van der Waals surface area contributed by atoms with Crippen LogP contribution in [0.15, 0.2) is 24.3 Å². The standard InChI is InChI=1S/C14H19N3OS/c1-9(2)13(16-14-15-10(3)17-19-14)11-5-7-12(18-4)8-6-11/h5-9,13H,1-4H3,(H,15,16,17). The normalized spacial score (nSPS) is 12.5. The van der Waals surface area contributed by atoms with Gasteiger partial charge in [0.1, 0.15) is 11.6 Å². The molecule has 1 aromatic carbocycles. The largest absolute Gasteiger partial charge is 0.497 e. The molecule has 0 bridgehead atoms. The van der Waals surface area contributed by atoms with Gasteiger partial charge < -0.3 is 10.1 Å². The maximum absolute atomic E-state index is 5.19. The molecule has 0 saturated carbocycles. The van der Waals surface area contributed by atoms with Gasteiger partial charge in [0.15, 0.2) is 0 Å². The lowest BCUT2D eigenvalue weighted by atomic mass is 9.96. The van der Waals surface area contributed by atoms with Crippen molar-refractivity contribution in [2.24, 2.45) is 5.92 Å². The van der Waals surface area contributed by atoms with Crippen LogP contribution in [0.1, 0.15) is 31.3 Å². The maximum atomic E-state index is 5.19. The molecule has 0 aliphatic carbocycles. The SMILES string of the molecule is COc1ccc(C(Nc2nc(C)ns2)C(C)C)cc1. The van der Waals surface area contributed by atoms with Crippen molar-refractivity contribution in [3.8, 4) is 5.75 Å². The number of benzene rings is 1. The fraction of sp³-hybridized carbons (Fsp3) is 0.429. The van der Waals surface area contributed by atoms with Gasteiger partial charge in [0.05, 0.1) is 13.2 Å². The molecule has 0 amide bonds. The van der Waals surface area contributed by atoms with E-state index < -0.39 is 0 Å². The van der Waals surface area contributed by atoms with Crippen LogP contribution in [0.5, 0.6) is 5.75 Å². The Balaban J connectivity index is 2.19. The summed E-state index contributed by atoms with van der Waals surface area (Å²) < 4.78 is 9.39. The van der Waals surface area contributed by atoms with Crippen LogP contribution in [-0.2, 0) is 0 Å². The molecule has 5 heteroatoms. The van der Waals surface area contributed by atoms with Crippen LogP contribution in [0.2, 0.25) is 0 Å². The van der Waals surface area contributed by atoms with E-state index in [0.717, 1.165) is 16.7 Å². The first-order valence-corrected chi connectivity index (χ1v) is 7.08. The van der Waals surface area contributed by atoms with E-state index in [9.17, 15) is 0 Å². The molecule has 0 spiro atoms. The van der Waals surface area contributed by atoms with E-state index in [-0.39, 0.29) is 6.04 Å². The molecule has 0 aliphatic rings. The first-order chi connectivity index (χ1) is 9.10. The molecule has 0 saturated heterocycles. The van der Waals surface area contributed by atoms with Gasteiger partial charge in [0, 0.05) is 11.5 Å². The van der Waals surface area contributed by atoms with Gasteiger partial charge >= 0.3 is 0 Å². The number of rotatable bonds is 5. The Morgan fingerprint density at radius 1 is 1.21 bits per heavy atom. The quantitative estimate of drug-likeness (QED) is 0.906. The highest BCUT2D eigenvalue weighted by atomic mass is 32.1. The summed E-state index contributed by atoms with van der Waals surface area (Å²) in [6.45, 7) is 6.28. The van der Waals surface area contributed by atoms with Crippen molar-refractivity contribution in [3.63, 3.8) is 0 Å². The van der Waals surface area contributed by atoms with Gasteiger partial charge in [-0.25, -0.2) is 4.98 Å². The topological polar surface area (TPSA) is 47.0 Å². The number of methoxy groups -OCH3 is 1. The number of nitrogens with zero attached hydrogens (tertiary/aromatic N) is 2. The van der Waals surface area contributed by atoms with Gasteiger partial charge in [-0.2, -0.15) is 4.37 Å². The molecule has 0 aliphatic heterocycles. The second-order valence-corrected chi connectivity index (χ2v) is 5.54. The Hall–Kier alpha value is -1.62. The summed E-state index contributed by atoms with van der Waals surface area (Å²) in [5, 5.41) is 4.32. The van der Waals surface area contributed by atoms with Crippen molar-refractivity contribution < 1.29 is 4.74 Å². The predicted octanol–water partition coefficient (Wildman–Crippen LogP) is 3.66. The molecular weight excluding hydrogens is 258 g/mol. The number of nitrogens with one attached hydrogen (secondary N) is 1. The summed E-state index contributed by atoms with van der Waals surface area (Å²) in [5.41, 5.74) is 1.23. The summed E-state index contributed by atoms with van der Waals surface area (Å²) in [5.74, 6) is 2.14. The van der Waals surface area contributed by atoms with Crippen LogP contribution in [0.3, 0.4) is 0 Å². The predicted molar refractivity (Wildman–Crippen MR) is 78.8 cm³/mol. The van der Waals surface area contributed by atoms with Crippen molar-refractivity contribution in [2.45, 2.75) is 26.8 Å². The fourth-order valence-electron chi connectivity index (χ4n) is 1.93. The van der Waals surface area contributed by atoms with Crippen LogP contribution in [-0.4, -0.2) is 16.5 Å². The van der Waals surface area contributed by atoms with Gasteiger partial charge in [-0.3, -0.25) is 0 Å². The number of aromatic nitrogens is 2. The molecule has 1 N–H and O–H groups in total. The molecule has 1 unspecified atom stereocenters. The Labute approximate surface area is 118 Å². The summed E-state index contributed by atoms with van der Waals surface area (Å²) in [4.78, 5) is 4.36. The molecular formula is C14H19N3OS. The number of anilines is 1. The fourth-order valence-corrected chi connectivity index (χ4v) is 2.55. The van der Waals surface area contributed by atoms with E-state index in [2.05, 4.69) is 40.7 Å². The van der Waals surface area contributed by atoms with Gasteiger partial charge in [-0.15, -0.1) is 0 Å². The zero-order chi connectivity index (χ0) is 13.8. The van der Waals surface area contributed by atoms with Crippen molar-refractivity contribution in [3.05, 3.63) is 35.7 Å². The molecule has 2 aromatic rings. The van der Waals surface area contributed by atoms with Crippen LogP contribution < -0.4 is 10.1 Å². The highest BCUT2D eigenvalue weighted by Gasteiger charge is 2.17. The summed E-state index contributed by atoms with van der Waals surface area (Å²) in [6, 6.07) is 8.36.